The van der Waals surface area contributed by atoms with E-state index < -0.39 is 11.1 Å². The Bertz CT molecular complexity index is 1020. The number of rotatable bonds is 5. The number of carbonyl (C=O) groups excluding carboxylic acids is 1. The van der Waals surface area contributed by atoms with Crippen molar-refractivity contribution in [2.75, 3.05) is 5.32 Å². The van der Waals surface area contributed by atoms with E-state index in [-0.39, 0.29) is 11.6 Å². The van der Waals surface area contributed by atoms with Gasteiger partial charge in [-0.25, -0.2) is 0 Å². The summed E-state index contributed by atoms with van der Waals surface area (Å²) in [6, 6.07) is 12.3. The zero-order chi connectivity index (χ0) is 19.0. The zero-order valence-electron chi connectivity index (χ0n) is 14.5. The Morgan fingerprint density at radius 2 is 2.15 bits per heavy atom. The molecule has 3 aromatic rings. The maximum Gasteiger partial charge on any atom is 0.292 e. The predicted octanol–water partition coefficient (Wildman–Crippen LogP) is 4.13. The van der Waals surface area contributed by atoms with Crippen LogP contribution in [0.3, 0.4) is 0 Å². The molecule has 1 amide bonds. The second-order valence-electron chi connectivity index (χ2n) is 6.27. The van der Waals surface area contributed by atoms with Gasteiger partial charge in [0.25, 0.3) is 11.6 Å². The first-order valence-electron chi connectivity index (χ1n) is 8.34. The number of amides is 1. The van der Waals surface area contributed by atoms with Gasteiger partial charge < -0.3 is 10.2 Å². The minimum absolute atomic E-state index is 0.0251. The zero-order valence-corrected chi connectivity index (χ0v) is 15.3. The monoisotopic (exact) mass is 380 g/mol. The highest BCUT2D eigenvalue weighted by Crippen LogP contribution is 2.37. The second kappa shape index (κ2) is 6.81. The first kappa shape index (κ1) is 17.2. The number of aromatic nitrogens is 1. The molecule has 1 aliphatic heterocycles. The smallest absolute Gasteiger partial charge is 0.292 e. The number of fused-ring (bicyclic) bond motifs is 1. The molecule has 1 N–H and O–H groups in total. The van der Waals surface area contributed by atoms with Crippen LogP contribution in [0.15, 0.2) is 54.0 Å². The molecule has 0 spiro atoms. The molecule has 0 fully saturated rings. The molecule has 0 aliphatic carbocycles. The average Bonchev–Trinajstić information content (AvgIpc) is 3.26. The second-order valence-corrected chi connectivity index (χ2v) is 7.31. The van der Waals surface area contributed by atoms with Crippen molar-refractivity contribution in [2.45, 2.75) is 19.6 Å². The van der Waals surface area contributed by atoms with Crippen LogP contribution in [-0.2, 0) is 6.54 Å². The number of aryl methyl sites for hydroxylation is 1. The molecule has 2 aromatic heterocycles. The van der Waals surface area contributed by atoms with E-state index in [0.717, 1.165) is 10.4 Å². The molecular formula is C19H16N4O3S. The first-order chi connectivity index (χ1) is 13.0. The van der Waals surface area contributed by atoms with Crippen LogP contribution >= 0.6 is 11.3 Å². The quantitative estimate of drug-likeness (QED) is 0.531. The lowest BCUT2D eigenvalue weighted by atomic mass is 10.1. The standard InChI is InChI=1S/C19H16N4O3S/c1-12-6-7-15(16(10-12)23(25)26)21-18-17-14(5-2-8-20-17)19(24)22(18)11-13-4-3-9-27-13/h2-10,18,21H,11H2,1H3/t18-/m0/s1. The highest BCUT2D eigenvalue weighted by Gasteiger charge is 2.38. The number of thiophene rings is 1. The Kier molecular flexibility index (Phi) is 4.33. The number of nitro groups is 1. The van der Waals surface area contributed by atoms with Gasteiger partial charge in [-0.2, -0.15) is 0 Å². The summed E-state index contributed by atoms with van der Waals surface area (Å²) in [5, 5.41) is 16.6. The number of pyridine rings is 1. The molecule has 0 radical (unpaired) electrons. The molecule has 1 aliphatic rings. The van der Waals surface area contributed by atoms with E-state index in [9.17, 15) is 14.9 Å². The number of nitrogens with zero attached hydrogens (tertiary/aromatic N) is 3. The average molecular weight is 380 g/mol. The molecule has 1 atom stereocenters. The van der Waals surface area contributed by atoms with Crippen LogP contribution < -0.4 is 5.32 Å². The van der Waals surface area contributed by atoms with Crippen LogP contribution in [0.1, 0.15) is 32.7 Å². The van der Waals surface area contributed by atoms with Crippen LogP contribution in [0.4, 0.5) is 11.4 Å². The van der Waals surface area contributed by atoms with E-state index in [2.05, 4.69) is 10.3 Å². The number of nitrogens with one attached hydrogen (secondary N) is 1. The fourth-order valence-corrected chi connectivity index (χ4v) is 3.88. The summed E-state index contributed by atoms with van der Waals surface area (Å²) in [5.74, 6) is -0.140. The van der Waals surface area contributed by atoms with Gasteiger partial charge in [0.05, 0.1) is 22.7 Å². The Morgan fingerprint density at radius 3 is 2.89 bits per heavy atom. The minimum atomic E-state index is -0.572. The Morgan fingerprint density at radius 1 is 1.30 bits per heavy atom. The molecule has 27 heavy (non-hydrogen) atoms. The summed E-state index contributed by atoms with van der Waals surface area (Å²) >= 11 is 1.56. The van der Waals surface area contributed by atoms with Crippen molar-refractivity contribution in [1.82, 2.24) is 9.88 Å². The third kappa shape index (κ3) is 3.15. The predicted molar refractivity (Wildman–Crippen MR) is 103 cm³/mol. The number of carbonyl (C=O) groups is 1. The largest absolute Gasteiger partial charge is 0.354 e. The van der Waals surface area contributed by atoms with Gasteiger partial charge in [-0.1, -0.05) is 12.1 Å². The summed E-state index contributed by atoms with van der Waals surface area (Å²) in [6.07, 6.45) is 1.05. The number of hydrogen-bond donors (Lipinski definition) is 1. The molecule has 7 nitrogen and oxygen atoms in total. The van der Waals surface area contributed by atoms with Gasteiger partial charge >= 0.3 is 0 Å². The van der Waals surface area contributed by atoms with Crippen LogP contribution in [0.2, 0.25) is 0 Å². The van der Waals surface area contributed by atoms with Gasteiger partial charge in [0, 0.05) is 17.1 Å². The molecule has 0 saturated carbocycles. The van der Waals surface area contributed by atoms with Crippen LogP contribution in [-0.4, -0.2) is 20.7 Å². The van der Waals surface area contributed by atoms with Gasteiger partial charge in [-0.3, -0.25) is 19.9 Å². The van der Waals surface area contributed by atoms with E-state index in [0.29, 0.717) is 23.5 Å². The van der Waals surface area contributed by atoms with Gasteiger partial charge in [0.2, 0.25) is 0 Å². The van der Waals surface area contributed by atoms with Crippen molar-refractivity contribution in [3.8, 4) is 0 Å². The molecule has 4 rings (SSSR count). The molecular weight excluding hydrogens is 364 g/mol. The third-order valence-corrected chi connectivity index (χ3v) is 5.31. The van der Waals surface area contributed by atoms with E-state index in [4.69, 9.17) is 0 Å². The summed E-state index contributed by atoms with van der Waals surface area (Å²) < 4.78 is 0. The summed E-state index contributed by atoms with van der Waals surface area (Å²) in [6.45, 7) is 2.21. The maximum atomic E-state index is 12.9. The van der Waals surface area contributed by atoms with Crippen LogP contribution in [0, 0.1) is 17.0 Å². The Hall–Kier alpha value is -3.26. The molecule has 0 bridgehead atoms. The van der Waals surface area contributed by atoms with E-state index in [1.165, 1.54) is 6.07 Å². The number of anilines is 1. The summed E-state index contributed by atoms with van der Waals surface area (Å²) in [4.78, 5) is 31.0. The first-order valence-corrected chi connectivity index (χ1v) is 9.22. The highest BCUT2D eigenvalue weighted by atomic mass is 32.1. The molecule has 0 unspecified atom stereocenters. The lowest BCUT2D eigenvalue weighted by Gasteiger charge is -2.26. The minimum Gasteiger partial charge on any atom is -0.354 e. The Labute approximate surface area is 159 Å². The number of benzene rings is 1. The van der Waals surface area contributed by atoms with Crippen molar-refractivity contribution in [2.24, 2.45) is 0 Å². The van der Waals surface area contributed by atoms with Crippen molar-refractivity contribution in [3.05, 3.63) is 85.9 Å². The van der Waals surface area contributed by atoms with Gasteiger partial charge in [-0.15, -0.1) is 11.3 Å². The number of hydrogen-bond acceptors (Lipinski definition) is 6. The van der Waals surface area contributed by atoms with Crippen molar-refractivity contribution < 1.29 is 9.72 Å². The third-order valence-electron chi connectivity index (χ3n) is 4.45. The molecule has 3 heterocycles. The highest BCUT2D eigenvalue weighted by molar-refractivity contribution is 7.09. The SMILES string of the molecule is Cc1ccc(N[C@@H]2c3ncccc3C(=O)N2Cc2cccs2)c([N+](=O)[O-])c1. The molecule has 8 heteroatoms. The normalized spacial score (nSPS) is 15.7. The molecule has 136 valence electrons. The Balaban J connectivity index is 1.74. The van der Waals surface area contributed by atoms with Crippen LogP contribution in [0.5, 0.6) is 0 Å². The van der Waals surface area contributed by atoms with E-state index in [1.807, 2.05) is 17.5 Å². The lowest BCUT2D eigenvalue weighted by molar-refractivity contribution is -0.384. The van der Waals surface area contributed by atoms with Crippen molar-refractivity contribution in [1.29, 1.82) is 0 Å². The maximum absolute atomic E-state index is 12.9. The number of nitro benzene ring substituents is 1. The molecule has 0 saturated heterocycles. The van der Waals surface area contributed by atoms with Gasteiger partial charge in [0.1, 0.15) is 11.9 Å². The topological polar surface area (TPSA) is 88.4 Å². The summed E-state index contributed by atoms with van der Waals surface area (Å²) in [7, 11) is 0. The lowest BCUT2D eigenvalue weighted by Crippen LogP contribution is -2.32. The van der Waals surface area contributed by atoms with E-state index in [1.54, 1.807) is 53.6 Å². The van der Waals surface area contributed by atoms with E-state index >= 15 is 0 Å². The van der Waals surface area contributed by atoms with Gasteiger partial charge in [0.15, 0.2) is 0 Å². The van der Waals surface area contributed by atoms with Crippen molar-refractivity contribution in [3.63, 3.8) is 0 Å². The summed E-state index contributed by atoms with van der Waals surface area (Å²) in [5.41, 5.74) is 2.22. The van der Waals surface area contributed by atoms with Crippen LogP contribution in [0.25, 0.3) is 0 Å². The van der Waals surface area contributed by atoms with Gasteiger partial charge in [-0.05, 0) is 42.1 Å². The fraction of sp³-hybridized carbons (Fsp3) is 0.158. The molecule has 1 aromatic carbocycles. The van der Waals surface area contributed by atoms with Crippen molar-refractivity contribution >= 4 is 28.6 Å². The fourth-order valence-electron chi connectivity index (χ4n) is 3.18.